The summed E-state index contributed by atoms with van der Waals surface area (Å²) in [7, 11) is 3.32. The van der Waals surface area contributed by atoms with Crippen LogP contribution in [0.2, 0.25) is 0 Å². The number of carbonyl (C=O) groups excluding carboxylic acids is 1. The highest BCUT2D eigenvalue weighted by Crippen LogP contribution is 2.36. The molecule has 6 nitrogen and oxygen atoms in total. The highest BCUT2D eigenvalue weighted by Gasteiger charge is 2.31. The van der Waals surface area contributed by atoms with Gasteiger partial charge in [0.15, 0.2) is 0 Å². The van der Waals surface area contributed by atoms with Crippen LogP contribution in [0.5, 0.6) is 11.5 Å². The summed E-state index contributed by atoms with van der Waals surface area (Å²) in [5, 5.41) is 4.27. The number of ether oxygens (including phenoxy) is 2. The topological polar surface area (TPSA) is 56.1 Å². The Morgan fingerprint density at radius 1 is 1.19 bits per heavy atom. The van der Waals surface area contributed by atoms with E-state index in [1.165, 1.54) is 0 Å². The van der Waals surface area contributed by atoms with Crippen molar-refractivity contribution in [3.8, 4) is 11.5 Å². The summed E-state index contributed by atoms with van der Waals surface area (Å²) in [5.74, 6) is 1.88. The Bertz CT molecular complexity index is 950. The number of carbonyl (C=O) groups is 1. The van der Waals surface area contributed by atoms with E-state index in [0.717, 1.165) is 29.0 Å². The molecule has 1 aromatic carbocycles. The normalized spacial score (nSPS) is 16.8. The van der Waals surface area contributed by atoms with Gasteiger partial charge in [-0.25, -0.2) is 4.52 Å². The van der Waals surface area contributed by atoms with Gasteiger partial charge in [-0.2, -0.15) is 5.10 Å². The van der Waals surface area contributed by atoms with Crippen molar-refractivity contribution >= 4 is 11.4 Å². The number of likely N-dealkylation sites (tertiary alicyclic amines) is 1. The van der Waals surface area contributed by atoms with Crippen LogP contribution in [0.3, 0.4) is 0 Å². The fraction of sp³-hybridized carbons (Fsp3) is 0.300. The first-order valence-corrected chi connectivity index (χ1v) is 8.65. The number of nitrogens with zero attached hydrogens (tertiary/aromatic N) is 3. The van der Waals surface area contributed by atoms with Gasteiger partial charge < -0.3 is 14.4 Å². The first kappa shape index (κ1) is 16.4. The smallest absolute Gasteiger partial charge is 0.257 e. The van der Waals surface area contributed by atoms with E-state index in [4.69, 9.17) is 9.47 Å². The highest BCUT2D eigenvalue weighted by atomic mass is 16.5. The molecule has 4 rings (SSSR count). The van der Waals surface area contributed by atoms with Crippen molar-refractivity contribution in [2.75, 3.05) is 27.3 Å². The van der Waals surface area contributed by atoms with E-state index in [1.807, 2.05) is 47.5 Å². The van der Waals surface area contributed by atoms with Crippen molar-refractivity contribution < 1.29 is 14.3 Å². The number of methoxy groups -OCH3 is 2. The fourth-order valence-electron chi connectivity index (χ4n) is 3.63. The van der Waals surface area contributed by atoms with Gasteiger partial charge in [-0.3, -0.25) is 4.79 Å². The summed E-state index contributed by atoms with van der Waals surface area (Å²) in [4.78, 5) is 14.9. The molecule has 3 aromatic rings. The van der Waals surface area contributed by atoms with Crippen LogP contribution < -0.4 is 9.47 Å². The molecule has 0 spiro atoms. The number of pyridine rings is 1. The lowest BCUT2D eigenvalue weighted by atomic mass is 9.97. The summed E-state index contributed by atoms with van der Waals surface area (Å²) in [6.07, 6.45) is 4.39. The van der Waals surface area contributed by atoms with E-state index in [1.54, 1.807) is 24.9 Å². The maximum atomic E-state index is 13.0. The van der Waals surface area contributed by atoms with E-state index in [0.29, 0.717) is 18.7 Å². The predicted molar refractivity (Wildman–Crippen MR) is 98.0 cm³/mol. The Balaban J connectivity index is 1.58. The first-order chi connectivity index (χ1) is 12.7. The second-order valence-electron chi connectivity index (χ2n) is 6.43. The van der Waals surface area contributed by atoms with Gasteiger partial charge in [0, 0.05) is 30.8 Å². The molecular weight excluding hydrogens is 330 g/mol. The van der Waals surface area contributed by atoms with Crippen molar-refractivity contribution in [2.24, 2.45) is 0 Å². The summed E-state index contributed by atoms with van der Waals surface area (Å²) in [6, 6.07) is 11.5. The maximum Gasteiger partial charge on any atom is 0.257 e. The molecule has 2 aromatic heterocycles. The van der Waals surface area contributed by atoms with Crippen molar-refractivity contribution in [1.82, 2.24) is 14.5 Å². The molecule has 1 atom stereocenters. The van der Waals surface area contributed by atoms with Crippen molar-refractivity contribution in [1.29, 1.82) is 0 Å². The molecule has 1 aliphatic heterocycles. The number of hydrogen-bond donors (Lipinski definition) is 0. The van der Waals surface area contributed by atoms with Crippen LogP contribution in [0, 0.1) is 0 Å². The van der Waals surface area contributed by atoms with Crippen molar-refractivity contribution in [2.45, 2.75) is 12.3 Å². The lowest BCUT2D eigenvalue weighted by Gasteiger charge is -2.18. The number of hydrogen-bond acceptors (Lipinski definition) is 4. The number of amides is 1. The molecular formula is C20H21N3O3. The molecule has 0 bridgehead atoms. The molecule has 0 saturated carbocycles. The molecule has 0 N–H and O–H groups in total. The van der Waals surface area contributed by atoms with Gasteiger partial charge in [-0.1, -0.05) is 6.07 Å². The summed E-state index contributed by atoms with van der Waals surface area (Å²) >= 11 is 0. The third kappa shape index (κ3) is 2.77. The molecule has 26 heavy (non-hydrogen) atoms. The molecule has 0 unspecified atom stereocenters. The van der Waals surface area contributed by atoms with Crippen LogP contribution in [0.4, 0.5) is 0 Å². The van der Waals surface area contributed by atoms with Crippen LogP contribution in [-0.4, -0.2) is 47.7 Å². The number of fused-ring (bicyclic) bond motifs is 1. The molecule has 3 heterocycles. The van der Waals surface area contributed by atoms with E-state index in [2.05, 4.69) is 5.10 Å². The lowest BCUT2D eigenvalue weighted by Crippen LogP contribution is -2.28. The van der Waals surface area contributed by atoms with Gasteiger partial charge in [0.05, 0.1) is 31.5 Å². The summed E-state index contributed by atoms with van der Waals surface area (Å²) in [5.41, 5.74) is 2.56. The SMILES string of the molecule is COc1ccc(OC)c([C@@H]2CCN(C(=O)c3cnn4ccccc34)C2)c1. The third-order valence-corrected chi connectivity index (χ3v) is 5.01. The number of rotatable bonds is 4. The largest absolute Gasteiger partial charge is 0.497 e. The monoisotopic (exact) mass is 351 g/mol. The second-order valence-corrected chi connectivity index (χ2v) is 6.43. The maximum absolute atomic E-state index is 13.0. The third-order valence-electron chi connectivity index (χ3n) is 5.01. The quantitative estimate of drug-likeness (QED) is 0.725. The highest BCUT2D eigenvalue weighted by molar-refractivity contribution is 6.00. The van der Waals surface area contributed by atoms with E-state index in [-0.39, 0.29) is 11.8 Å². The Morgan fingerprint density at radius 2 is 2.08 bits per heavy atom. The van der Waals surface area contributed by atoms with Gasteiger partial charge >= 0.3 is 0 Å². The van der Waals surface area contributed by atoms with Gasteiger partial charge in [-0.15, -0.1) is 0 Å². The zero-order valence-corrected chi connectivity index (χ0v) is 14.9. The van der Waals surface area contributed by atoms with Crippen molar-refractivity contribution in [3.63, 3.8) is 0 Å². The fourth-order valence-corrected chi connectivity index (χ4v) is 3.63. The van der Waals surface area contributed by atoms with Crippen LogP contribution in [0.1, 0.15) is 28.3 Å². The molecule has 1 aliphatic rings. The minimum atomic E-state index is 0.0237. The summed E-state index contributed by atoms with van der Waals surface area (Å²) < 4.78 is 12.6. The zero-order chi connectivity index (χ0) is 18.1. The zero-order valence-electron chi connectivity index (χ0n) is 14.9. The van der Waals surface area contributed by atoms with Crippen LogP contribution >= 0.6 is 0 Å². The van der Waals surface area contributed by atoms with E-state index < -0.39 is 0 Å². The molecule has 1 amide bonds. The molecule has 0 radical (unpaired) electrons. The average molecular weight is 351 g/mol. The first-order valence-electron chi connectivity index (χ1n) is 8.65. The molecule has 1 fully saturated rings. The molecule has 134 valence electrons. The number of benzene rings is 1. The van der Waals surface area contributed by atoms with Gasteiger partial charge in [0.1, 0.15) is 11.5 Å². The lowest BCUT2D eigenvalue weighted by molar-refractivity contribution is 0.0792. The number of aromatic nitrogens is 2. The molecule has 6 heteroatoms. The Hall–Kier alpha value is -3.02. The molecule has 1 saturated heterocycles. The van der Waals surface area contributed by atoms with E-state index >= 15 is 0 Å². The minimum Gasteiger partial charge on any atom is -0.497 e. The second kappa shape index (κ2) is 6.71. The van der Waals surface area contributed by atoms with Crippen molar-refractivity contribution in [3.05, 3.63) is 59.9 Å². The minimum absolute atomic E-state index is 0.0237. The van der Waals surface area contributed by atoms with Gasteiger partial charge in [0.2, 0.25) is 0 Å². The Morgan fingerprint density at radius 3 is 2.88 bits per heavy atom. The Labute approximate surface area is 151 Å². The predicted octanol–water partition coefficient (Wildman–Crippen LogP) is 2.98. The van der Waals surface area contributed by atoms with Gasteiger partial charge in [0.25, 0.3) is 5.91 Å². The summed E-state index contributed by atoms with van der Waals surface area (Å²) in [6.45, 7) is 1.38. The van der Waals surface area contributed by atoms with Gasteiger partial charge in [-0.05, 0) is 36.8 Å². The standard InChI is InChI=1S/C20H21N3O3/c1-25-15-6-7-19(26-2)16(11-15)14-8-10-22(13-14)20(24)17-12-21-23-9-4-3-5-18(17)23/h3-7,9,11-12,14H,8,10,13H2,1-2H3/t14-/m1/s1. The van der Waals surface area contributed by atoms with Crippen LogP contribution in [0.15, 0.2) is 48.8 Å². The van der Waals surface area contributed by atoms with E-state index in [9.17, 15) is 4.79 Å². The Kier molecular flexibility index (Phi) is 4.24. The molecule has 0 aliphatic carbocycles. The van der Waals surface area contributed by atoms with Crippen LogP contribution in [0.25, 0.3) is 5.52 Å². The van der Waals surface area contributed by atoms with Crippen LogP contribution in [-0.2, 0) is 0 Å². The average Bonchev–Trinajstić information content (AvgIpc) is 3.34.